The Morgan fingerprint density at radius 1 is 1.36 bits per heavy atom. The van der Waals surface area contributed by atoms with Crippen molar-refractivity contribution in [3.63, 3.8) is 0 Å². The average Bonchev–Trinajstić information content (AvgIpc) is 2.60. The molecule has 2 atom stereocenters. The summed E-state index contributed by atoms with van der Waals surface area (Å²) < 4.78 is 0. The molecule has 1 amide bonds. The summed E-state index contributed by atoms with van der Waals surface area (Å²) in [5.74, 6) is -0.309. The maximum absolute atomic E-state index is 12.8. The van der Waals surface area contributed by atoms with E-state index in [1.54, 1.807) is 4.90 Å². The van der Waals surface area contributed by atoms with E-state index in [4.69, 9.17) is 16.9 Å². The third-order valence-corrected chi connectivity index (χ3v) is 3.91. The Labute approximate surface area is 149 Å². The lowest BCUT2D eigenvalue weighted by Gasteiger charge is -2.30. The van der Waals surface area contributed by atoms with E-state index >= 15 is 0 Å². The van der Waals surface area contributed by atoms with E-state index in [-0.39, 0.29) is 11.9 Å². The van der Waals surface area contributed by atoms with Crippen LogP contribution in [0.1, 0.15) is 31.7 Å². The molecule has 7 nitrogen and oxygen atoms in total. The predicted molar refractivity (Wildman–Crippen MR) is 99.1 cm³/mol. The molecule has 0 aliphatic heterocycles. The second-order valence-electron chi connectivity index (χ2n) is 6.01. The van der Waals surface area contributed by atoms with Crippen molar-refractivity contribution in [2.75, 3.05) is 13.1 Å². The molecule has 0 aliphatic carbocycles. The zero-order chi connectivity index (χ0) is 18.7. The van der Waals surface area contributed by atoms with Crippen molar-refractivity contribution in [3.8, 4) is 0 Å². The lowest BCUT2D eigenvalue weighted by Crippen LogP contribution is -2.50. The van der Waals surface area contributed by atoms with Crippen LogP contribution in [0.2, 0.25) is 0 Å². The van der Waals surface area contributed by atoms with Crippen LogP contribution in [0, 0.1) is 5.41 Å². The van der Waals surface area contributed by atoms with Crippen LogP contribution in [0.15, 0.2) is 30.3 Å². The number of nitrogens with one attached hydrogen (secondary N) is 2. The van der Waals surface area contributed by atoms with Gasteiger partial charge in [0.1, 0.15) is 6.29 Å². The molecular formula is C18H29N5O2. The number of benzene rings is 1. The number of nitrogens with zero attached hydrogens (tertiary/aromatic N) is 1. The largest absolute Gasteiger partial charge is 0.370 e. The minimum atomic E-state index is -0.674. The minimum Gasteiger partial charge on any atom is -0.370 e. The number of nitrogens with two attached hydrogens (primary N) is 2. The molecule has 0 aromatic heterocycles. The fourth-order valence-electron chi connectivity index (χ4n) is 2.68. The van der Waals surface area contributed by atoms with Gasteiger partial charge in [-0.25, -0.2) is 0 Å². The zero-order valence-corrected chi connectivity index (χ0v) is 14.8. The number of guanidine groups is 1. The van der Waals surface area contributed by atoms with Crippen LogP contribution in [-0.2, 0) is 16.0 Å². The maximum atomic E-state index is 12.8. The number of hydrogen-bond donors (Lipinski definition) is 4. The molecule has 1 rings (SSSR count). The summed E-state index contributed by atoms with van der Waals surface area (Å²) in [6.45, 7) is 2.94. The summed E-state index contributed by atoms with van der Waals surface area (Å²) in [6, 6.07) is 8.41. The molecule has 0 heterocycles. The third-order valence-electron chi connectivity index (χ3n) is 3.91. The lowest BCUT2D eigenvalue weighted by molar-refractivity contribution is -0.137. The van der Waals surface area contributed by atoms with Gasteiger partial charge in [-0.15, -0.1) is 0 Å². The van der Waals surface area contributed by atoms with Crippen LogP contribution >= 0.6 is 0 Å². The second kappa shape index (κ2) is 11.2. The van der Waals surface area contributed by atoms with Crippen molar-refractivity contribution in [2.45, 2.75) is 44.7 Å². The van der Waals surface area contributed by atoms with Crippen LogP contribution in [0.4, 0.5) is 0 Å². The molecule has 0 spiro atoms. The first kappa shape index (κ1) is 20.6. The van der Waals surface area contributed by atoms with Gasteiger partial charge in [-0.2, -0.15) is 0 Å². The van der Waals surface area contributed by atoms with Gasteiger partial charge in [0.05, 0.1) is 12.1 Å². The first-order valence-electron chi connectivity index (χ1n) is 8.62. The van der Waals surface area contributed by atoms with Gasteiger partial charge in [-0.3, -0.25) is 10.2 Å². The van der Waals surface area contributed by atoms with Crippen LogP contribution in [-0.4, -0.2) is 48.2 Å². The molecule has 0 radical (unpaired) electrons. The summed E-state index contributed by atoms with van der Waals surface area (Å²) >= 11 is 0. The molecule has 0 unspecified atom stereocenters. The second-order valence-corrected chi connectivity index (χ2v) is 6.01. The van der Waals surface area contributed by atoms with Crippen molar-refractivity contribution in [3.05, 3.63) is 35.9 Å². The third kappa shape index (κ3) is 7.34. The predicted octanol–water partition coefficient (Wildman–Crippen LogP) is 0.626. The Morgan fingerprint density at radius 2 is 2.04 bits per heavy atom. The maximum Gasteiger partial charge on any atom is 0.240 e. The summed E-state index contributed by atoms with van der Waals surface area (Å²) in [5.41, 5.74) is 12.3. The summed E-state index contributed by atoms with van der Waals surface area (Å²) in [6.07, 6.45) is 3.13. The van der Waals surface area contributed by atoms with E-state index in [1.165, 1.54) is 0 Å². The lowest BCUT2D eigenvalue weighted by atomic mass is 10.0. The smallest absolute Gasteiger partial charge is 0.240 e. The molecule has 1 aromatic rings. The highest BCUT2D eigenvalue weighted by Gasteiger charge is 2.26. The highest BCUT2D eigenvalue weighted by Crippen LogP contribution is 2.11. The van der Waals surface area contributed by atoms with Crippen LogP contribution in [0.3, 0.4) is 0 Å². The fourth-order valence-corrected chi connectivity index (χ4v) is 2.68. The Morgan fingerprint density at radius 3 is 2.60 bits per heavy atom. The molecule has 6 N–H and O–H groups in total. The van der Waals surface area contributed by atoms with Crippen LogP contribution in [0.5, 0.6) is 0 Å². The normalized spacial score (nSPS) is 12.9. The van der Waals surface area contributed by atoms with Gasteiger partial charge >= 0.3 is 0 Å². The van der Waals surface area contributed by atoms with Gasteiger partial charge in [-0.05, 0) is 31.2 Å². The van der Waals surface area contributed by atoms with Gasteiger partial charge < -0.3 is 26.5 Å². The molecule has 0 fully saturated rings. The molecule has 0 aliphatic rings. The van der Waals surface area contributed by atoms with Crippen molar-refractivity contribution in [1.82, 2.24) is 10.2 Å². The van der Waals surface area contributed by atoms with E-state index in [1.807, 2.05) is 37.3 Å². The van der Waals surface area contributed by atoms with Crippen LogP contribution in [0.25, 0.3) is 0 Å². The van der Waals surface area contributed by atoms with Gasteiger partial charge in [0.25, 0.3) is 0 Å². The number of carbonyl (C=O) groups is 2. The molecule has 7 heteroatoms. The number of carbonyl (C=O) groups excluding carboxylic acids is 2. The molecule has 0 saturated heterocycles. The standard InChI is InChI=1S/C18H29N5O2/c1-2-11-23(15(13-24)9-6-10-22-18(20)21)17(25)16(19)12-14-7-4-3-5-8-14/h3-5,7-8,13,15-16H,2,6,9-12,19H2,1H3,(H4,20,21,22)/t15-,16+/m0/s1. The summed E-state index contributed by atoms with van der Waals surface area (Å²) in [5, 5.41) is 9.82. The van der Waals surface area contributed by atoms with Crippen molar-refractivity contribution in [1.29, 1.82) is 5.41 Å². The van der Waals surface area contributed by atoms with E-state index in [2.05, 4.69) is 5.32 Å². The van der Waals surface area contributed by atoms with E-state index in [0.717, 1.165) is 18.3 Å². The first-order valence-corrected chi connectivity index (χ1v) is 8.62. The van der Waals surface area contributed by atoms with Crippen molar-refractivity contribution < 1.29 is 9.59 Å². The Kier molecular flexibility index (Phi) is 9.24. The van der Waals surface area contributed by atoms with Crippen molar-refractivity contribution in [2.24, 2.45) is 11.5 Å². The molecule has 0 bridgehead atoms. The number of hydrogen-bond acceptors (Lipinski definition) is 4. The average molecular weight is 347 g/mol. The van der Waals surface area contributed by atoms with E-state index in [9.17, 15) is 9.59 Å². The zero-order valence-electron chi connectivity index (χ0n) is 14.8. The topological polar surface area (TPSA) is 125 Å². The van der Waals surface area contributed by atoms with Gasteiger partial charge in [-0.1, -0.05) is 37.3 Å². The Bertz CT molecular complexity index is 550. The van der Waals surface area contributed by atoms with E-state index in [0.29, 0.717) is 32.4 Å². The Balaban J connectivity index is 2.68. The monoisotopic (exact) mass is 347 g/mol. The van der Waals surface area contributed by atoms with Gasteiger partial charge in [0, 0.05) is 13.1 Å². The number of aldehydes is 1. The van der Waals surface area contributed by atoms with Gasteiger partial charge in [0.15, 0.2) is 5.96 Å². The molecule has 1 aromatic carbocycles. The quantitative estimate of drug-likeness (QED) is 0.202. The number of rotatable bonds is 11. The molecule has 138 valence electrons. The van der Waals surface area contributed by atoms with E-state index < -0.39 is 12.1 Å². The van der Waals surface area contributed by atoms with Gasteiger partial charge in [0.2, 0.25) is 5.91 Å². The fraction of sp³-hybridized carbons (Fsp3) is 0.500. The molecule has 0 saturated carbocycles. The number of amides is 1. The minimum absolute atomic E-state index is 0.103. The SMILES string of the molecule is CCCN(C(=O)[C@H](N)Cc1ccccc1)[C@H](C=O)CCCNC(=N)N. The molecular weight excluding hydrogens is 318 g/mol. The summed E-state index contributed by atoms with van der Waals surface area (Å²) in [4.78, 5) is 25.8. The summed E-state index contributed by atoms with van der Waals surface area (Å²) in [7, 11) is 0. The molecule has 25 heavy (non-hydrogen) atoms. The Hall–Kier alpha value is -2.41. The van der Waals surface area contributed by atoms with Crippen LogP contribution < -0.4 is 16.8 Å². The highest BCUT2D eigenvalue weighted by molar-refractivity contribution is 5.84. The van der Waals surface area contributed by atoms with Crippen molar-refractivity contribution >= 4 is 18.2 Å². The first-order chi connectivity index (χ1) is 12.0. The highest BCUT2D eigenvalue weighted by atomic mass is 16.2.